The number of hydrogen-bond acceptors (Lipinski definition) is 4. The number of phenolic OH excluding ortho intramolecular Hbond substituents is 1. The third-order valence-corrected chi connectivity index (χ3v) is 4.46. The smallest absolute Gasteiger partial charge is 0.254 e. The van der Waals surface area contributed by atoms with Crippen LogP contribution in [0.5, 0.6) is 5.75 Å². The molecule has 3 rings (SSSR count). The summed E-state index contributed by atoms with van der Waals surface area (Å²) >= 11 is 5.91. The van der Waals surface area contributed by atoms with Gasteiger partial charge in [0.1, 0.15) is 5.75 Å². The van der Waals surface area contributed by atoms with E-state index in [2.05, 4.69) is 5.32 Å². The lowest BCUT2D eigenvalue weighted by Crippen LogP contribution is -2.50. The number of phenols is 1. The van der Waals surface area contributed by atoms with Crippen molar-refractivity contribution in [3.63, 3.8) is 0 Å². The average molecular weight is 374 g/mol. The molecule has 2 aromatic carbocycles. The average Bonchev–Trinajstić information content (AvgIpc) is 2.61. The molecule has 0 spiro atoms. The predicted octanol–water partition coefficient (Wildman–Crippen LogP) is 2.44. The molecule has 0 aliphatic carbocycles. The molecule has 2 amide bonds. The lowest BCUT2D eigenvalue weighted by atomic mass is 10.1. The summed E-state index contributed by atoms with van der Waals surface area (Å²) in [6, 6.07) is 13.4. The number of nitrogens with one attached hydrogen (secondary N) is 1. The number of amides is 2. The summed E-state index contributed by atoms with van der Waals surface area (Å²) in [4.78, 5) is 28.4. The van der Waals surface area contributed by atoms with Crippen molar-refractivity contribution < 1.29 is 14.7 Å². The number of carbonyl (C=O) groups excluding carboxylic acids is 2. The van der Waals surface area contributed by atoms with Crippen molar-refractivity contribution in [2.45, 2.75) is 0 Å². The number of carbonyl (C=O) groups is 2. The van der Waals surface area contributed by atoms with Gasteiger partial charge >= 0.3 is 0 Å². The topological polar surface area (TPSA) is 72.9 Å². The number of benzene rings is 2. The number of anilines is 1. The van der Waals surface area contributed by atoms with Crippen LogP contribution in [0.3, 0.4) is 0 Å². The van der Waals surface area contributed by atoms with E-state index in [9.17, 15) is 14.7 Å². The quantitative estimate of drug-likeness (QED) is 0.863. The Morgan fingerprint density at radius 3 is 2.46 bits per heavy atom. The zero-order valence-electron chi connectivity index (χ0n) is 14.2. The van der Waals surface area contributed by atoms with E-state index in [1.807, 2.05) is 4.90 Å². The van der Waals surface area contributed by atoms with Gasteiger partial charge in [0.2, 0.25) is 5.91 Å². The van der Waals surface area contributed by atoms with Gasteiger partial charge in [-0.1, -0.05) is 23.7 Å². The summed E-state index contributed by atoms with van der Waals surface area (Å²) in [7, 11) is 0. The second-order valence-corrected chi connectivity index (χ2v) is 6.61. The first-order chi connectivity index (χ1) is 12.5. The highest BCUT2D eigenvalue weighted by Gasteiger charge is 2.23. The lowest BCUT2D eigenvalue weighted by molar-refractivity contribution is -0.117. The molecule has 0 bridgehead atoms. The van der Waals surface area contributed by atoms with Crippen LogP contribution < -0.4 is 5.32 Å². The van der Waals surface area contributed by atoms with Gasteiger partial charge in [-0.3, -0.25) is 14.5 Å². The molecule has 2 N–H and O–H groups in total. The van der Waals surface area contributed by atoms with Crippen LogP contribution in [0.1, 0.15) is 10.4 Å². The number of rotatable bonds is 4. The molecular formula is C19H20ClN3O3. The van der Waals surface area contributed by atoms with Crippen molar-refractivity contribution in [1.82, 2.24) is 9.80 Å². The van der Waals surface area contributed by atoms with E-state index in [0.717, 1.165) is 0 Å². The van der Waals surface area contributed by atoms with Gasteiger partial charge in [-0.2, -0.15) is 0 Å². The molecule has 136 valence electrons. The van der Waals surface area contributed by atoms with Crippen molar-refractivity contribution in [2.75, 3.05) is 38.0 Å². The Hall–Kier alpha value is -2.57. The van der Waals surface area contributed by atoms with Crippen LogP contribution >= 0.6 is 11.6 Å². The normalized spacial score (nSPS) is 14.9. The Labute approximate surface area is 157 Å². The van der Waals surface area contributed by atoms with Gasteiger partial charge in [-0.05, 0) is 36.4 Å². The summed E-state index contributed by atoms with van der Waals surface area (Å²) in [5.74, 6) is -0.142. The fourth-order valence-electron chi connectivity index (χ4n) is 2.90. The van der Waals surface area contributed by atoms with Gasteiger partial charge in [0, 0.05) is 42.5 Å². The third-order valence-electron chi connectivity index (χ3n) is 4.23. The van der Waals surface area contributed by atoms with Crippen LogP contribution in [0.15, 0.2) is 48.5 Å². The highest BCUT2D eigenvalue weighted by atomic mass is 35.5. The van der Waals surface area contributed by atoms with Gasteiger partial charge in [0.05, 0.1) is 6.54 Å². The molecule has 26 heavy (non-hydrogen) atoms. The van der Waals surface area contributed by atoms with Gasteiger partial charge in [-0.15, -0.1) is 0 Å². The number of halogens is 1. The van der Waals surface area contributed by atoms with Crippen LogP contribution in [0.4, 0.5) is 5.69 Å². The summed E-state index contributed by atoms with van der Waals surface area (Å²) in [5, 5.41) is 12.9. The molecule has 1 aliphatic rings. The molecule has 1 fully saturated rings. The minimum atomic E-state index is -0.111. The SMILES string of the molecule is O=C(CN1CCN(C(=O)c2cccc(O)c2)CC1)Nc1cccc(Cl)c1. The minimum absolute atomic E-state index is 0.0761. The zero-order chi connectivity index (χ0) is 18.5. The third kappa shape index (κ3) is 4.74. The Balaban J connectivity index is 1.49. The van der Waals surface area contributed by atoms with E-state index in [-0.39, 0.29) is 24.1 Å². The minimum Gasteiger partial charge on any atom is -0.508 e. The maximum atomic E-state index is 12.5. The molecule has 7 heteroatoms. The van der Waals surface area contributed by atoms with E-state index in [1.165, 1.54) is 12.1 Å². The highest BCUT2D eigenvalue weighted by Crippen LogP contribution is 2.16. The molecule has 0 radical (unpaired) electrons. The van der Waals surface area contributed by atoms with E-state index in [1.54, 1.807) is 41.3 Å². The maximum Gasteiger partial charge on any atom is 0.254 e. The Morgan fingerprint density at radius 1 is 1.04 bits per heavy atom. The van der Waals surface area contributed by atoms with Crippen molar-refractivity contribution >= 4 is 29.1 Å². The maximum absolute atomic E-state index is 12.5. The van der Waals surface area contributed by atoms with Crippen LogP contribution in [0.25, 0.3) is 0 Å². The van der Waals surface area contributed by atoms with Crippen LogP contribution in [0, 0.1) is 0 Å². The van der Waals surface area contributed by atoms with E-state index in [0.29, 0.717) is 42.5 Å². The van der Waals surface area contributed by atoms with Gasteiger partial charge < -0.3 is 15.3 Å². The van der Waals surface area contributed by atoms with Gasteiger partial charge in [0.25, 0.3) is 5.91 Å². The summed E-state index contributed by atoms with van der Waals surface area (Å²) in [6.45, 7) is 2.58. The van der Waals surface area contributed by atoms with Crippen molar-refractivity contribution in [3.05, 3.63) is 59.1 Å². The molecule has 1 heterocycles. The molecular weight excluding hydrogens is 354 g/mol. The number of piperazine rings is 1. The van der Waals surface area contributed by atoms with Crippen molar-refractivity contribution in [1.29, 1.82) is 0 Å². The first-order valence-electron chi connectivity index (χ1n) is 8.37. The fourth-order valence-corrected chi connectivity index (χ4v) is 3.09. The molecule has 0 unspecified atom stereocenters. The first kappa shape index (κ1) is 18.2. The molecule has 2 aromatic rings. The predicted molar refractivity (Wildman–Crippen MR) is 101 cm³/mol. The van der Waals surface area contributed by atoms with E-state index < -0.39 is 0 Å². The molecule has 0 aromatic heterocycles. The fraction of sp³-hybridized carbons (Fsp3) is 0.263. The molecule has 0 atom stereocenters. The van der Waals surface area contributed by atoms with Gasteiger partial charge in [-0.25, -0.2) is 0 Å². The molecule has 0 saturated carbocycles. The van der Waals surface area contributed by atoms with Crippen LogP contribution in [0.2, 0.25) is 5.02 Å². The first-order valence-corrected chi connectivity index (χ1v) is 8.75. The highest BCUT2D eigenvalue weighted by molar-refractivity contribution is 6.30. The Bertz CT molecular complexity index is 804. The number of hydrogen-bond donors (Lipinski definition) is 2. The van der Waals surface area contributed by atoms with E-state index in [4.69, 9.17) is 11.6 Å². The van der Waals surface area contributed by atoms with E-state index >= 15 is 0 Å². The Kier molecular flexibility index (Phi) is 5.75. The Morgan fingerprint density at radius 2 is 1.77 bits per heavy atom. The molecule has 6 nitrogen and oxygen atoms in total. The standard InChI is InChI=1S/C19H20ClN3O3/c20-15-4-2-5-16(12-15)21-18(25)13-22-7-9-23(10-8-22)19(26)14-3-1-6-17(24)11-14/h1-6,11-12,24H,7-10,13H2,(H,21,25). The second kappa shape index (κ2) is 8.21. The lowest BCUT2D eigenvalue weighted by Gasteiger charge is -2.34. The largest absolute Gasteiger partial charge is 0.508 e. The van der Waals surface area contributed by atoms with Crippen LogP contribution in [-0.4, -0.2) is 59.4 Å². The monoisotopic (exact) mass is 373 g/mol. The summed E-state index contributed by atoms with van der Waals surface area (Å²) in [6.07, 6.45) is 0. The van der Waals surface area contributed by atoms with Crippen LogP contribution in [-0.2, 0) is 4.79 Å². The van der Waals surface area contributed by atoms with Crippen molar-refractivity contribution in [2.24, 2.45) is 0 Å². The number of aromatic hydroxyl groups is 1. The number of nitrogens with zero attached hydrogens (tertiary/aromatic N) is 2. The summed E-state index contributed by atoms with van der Waals surface area (Å²) < 4.78 is 0. The molecule has 1 aliphatic heterocycles. The van der Waals surface area contributed by atoms with Gasteiger partial charge in [0.15, 0.2) is 0 Å². The second-order valence-electron chi connectivity index (χ2n) is 6.18. The summed E-state index contributed by atoms with van der Waals surface area (Å²) in [5.41, 5.74) is 1.14. The molecule has 1 saturated heterocycles. The zero-order valence-corrected chi connectivity index (χ0v) is 14.9. The van der Waals surface area contributed by atoms with Crippen molar-refractivity contribution in [3.8, 4) is 5.75 Å².